The second-order valence-electron chi connectivity index (χ2n) is 4.77. The molecule has 0 radical (unpaired) electrons. The second-order valence-corrected chi connectivity index (χ2v) is 5.49. The van der Waals surface area contributed by atoms with Crippen molar-refractivity contribution in [3.63, 3.8) is 0 Å². The fraction of sp³-hybridized carbons (Fsp3) is 0.429. The van der Waals surface area contributed by atoms with Crippen molar-refractivity contribution in [1.82, 2.24) is 10.2 Å². The van der Waals surface area contributed by atoms with Crippen molar-refractivity contribution in [2.75, 3.05) is 13.0 Å². The molecule has 7 nitrogen and oxygen atoms in total. The molecule has 0 bridgehead atoms. The Kier molecular flexibility index (Phi) is 6.61. The number of hydrogen-bond acceptors (Lipinski definition) is 5. The molecule has 9 heteroatoms. The Bertz CT molecular complexity index is 583. The molecule has 23 heavy (non-hydrogen) atoms. The Morgan fingerprint density at radius 3 is 2.57 bits per heavy atom. The summed E-state index contributed by atoms with van der Waals surface area (Å²) in [6.07, 6.45) is -0.237. The van der Waals surface area contributed by atoms with Crippen LogP contribution in [0, 0.1) is 11.3 Å². The lowest BCUT2D eigenvalue weighted by atomic mass is 9.99. The monoisotopic (exact) mass is 359 g/mol. The number of likely N-dealkylation sites (tertiary alicyclic amines) is 1. The summed E-state index contributed by atoms with van der Waals surface area (Å²) in [4.78, 5) is 36.7. The number of hydrogen-bond donors (Lipinski definition) is 1. The van der Waals surface area contributed by atoms with E-state index in [2.05, 4.69) is 23.2 Å². The van der Waals surface area contributed by atoms with Gasteiger partial charge in [0.15, 0.2) is 6.04 Å². The van der Waals surface area contributed by atoms with Gasteiger partial charge < -0.3 is 15.0 Å². The maximum atomic E-state index is 12.2. The molecule has 124 valence electrons. The Hall–Kier alpha value is -2.04. The minimum Gasteiger partial charge on any atom is -0.467 e. The number of alkyl halides is 2. The molecule has 3 atom stereocenters. The van der Waals surface area contributed by atoms with Crippen LogP contribution in [0.5, 0.6) is 0 Å². The standard InChI is InChI=1S/C14H15Cl2N3O4/c1-7(6-17)4-9(20)18-10-12(16)19(13(10)21)11(8(2)5-15)14(22)23-3/h10-12H,1-2,4-5H2,3H3,(H,18,20). The number of halogens is 2. The number of carbonyl (C=O) groups is 3. The van der Waals surface area contributed by atoms with Crippen LogP contribution in [0.25, 0.3) is 0 Å². The van der Waals surface area contributed by atoms with E-state index in [9.17, 15) is 14.4 Å². The van der Waals surface area contributed by atoms with Gasteiger partial charge in [-0.1, -0.05) is 24.8 Å². The fourth-order valence-corrected chi connectivity index (χ4v) is 2.52. The summed E-state index contributed by atoms with van der Waals surface area (Å²) in [6.45, 7) is 7.01. The van der Waals surface area contributed by atoms with Crippen LogP contribution >= 0.6 is 23.2 Å². The van der Waals surface area contributed by atoms with Gasteiger partial charge in [0.1, 0.15) is 11.5 Å². The number of β-lactam (4-membered cyclic amide) rings is 1. The molecule has 1 saturated heterocycles. The zero-order chi connectivity index (χ0) is 17.7. The predicted octanol–water partition coefficient (Wildman–Crippen LogP) is 0.685. The van der Waals surface area contributed by atoms with Gasteiger partial charge in [-0.2, -0.15) is 5.26 Å². The van der Waals surface area contributed by atoms with Gasteiger partial charge in [-0.05, 0) is 5.57 Å². The van der Waals surface area contributed by atoms with E-state index in [1.165, 1.54) is 0 Å². The lowest BCUT2D eigenvalue weighted by Crippen LogP contribution is -2.72. The highest BCUT2D eigenvalue weighted by Gasteiger charge is 2.53. The third-order valence-corrected chi connectivity index (χ3v) is 3.98. The molecule has 0 aliphatic carbocycles. The average Bonchev–Trinajstić information content (AvgIpc) is 2.55. The first-order valence-corrected chi connectivity index (χ1v) is 7.40. The molecule has 0 spiro atoms. The van der Waals surface area contributed by atoms with Gasteiger partial charge in [0.05, 0.1) is 19.6 Å². The summed E-state index contributed by atoms with van der Waals surface area (Å²) in [5.41, 5.74) is -0.661. The molecular weight excluding hydrogens is 345 g/mol. The molecule has 0 aromatic heterocycles. The Morgan fingerprint density at radius 1 is 1.52 bits per heavy atom. The van der Waals surface area contributed by atoms with Crippen LogP contribution in [0.15, 0.2) is 24.3 Å². The molecule has 0 saturated carbocycles. The summed E-state index contributed by atoms with van der Waals surface area (Å²) < 4.78 is 4.63. The van der Waals surface area contributed by atoms with Crippen molar-refractivity contribution in [3.05, 3.63) is 24.3 Å². The predicted molar refractivity (Wildman–Crippen MR) is 83.5 cm³/mol. The van der Waals surface area contributed by atoms with Crippen LogP contribution in [-0.2, 0) is 19.1 Å². The van der Waals surface area contributed by atoms with Crippen LogP contribution in [0.4, 0.5) is 0 Å². The van der Waals surface area contributed by atoms with Crippen LogP contribution < -0.4 is 5.32 Å². The maximum Gasteiger partial charge on any atom is 0.333 e. The smallest absolute Gasteiger partial charge is 0.333 e. The second kappa shape index (κ2) is 7.99. The molecule has 1 aliphatic heterocycles. The van der Waals surface area contributed by atoms with Crippen molar-refractivity contribution in [1.29, 1.82) is 5.26 Å². The Balaban J connectivity index is 2.80. The van der Waals surface area contributed by atoms with Crippen LogP contribution in [0.2, 0.25) is 0 Å². The zero-order valence-electron chi connectivity index (χ0n) is 12.3. The number of amides is 2. The summed E-state index contributed by atoms with van der Waals surface area (Å²) >= 11 is 11.8. The first-order valence-electron chi connectivity index (χ1n) is 6.43. The van der Waals surface area contributed by atoms with Gasteiger partial charge in [0.2, 0.25) is 5.91 Å². The van der Waals surface area contributed by atoms with Crippen LogP contribution in [0.1, 0.15) is 6.42 Å². The molecule has 1 aliphatic rings. The largest absolute Gasteiger partial charge is 0.467 e. The van der Waals surface area contributed by atoms with Crippen molar-refractivity contribution in [3.8, 4) is 6.07 Å². The van der Waals surface area contributed by atoms with Crippen molar-refractivity contribution < 1.29 is 19.1 Å². The third-order valence-electron chi connectivity index (χ3n) is 3.17. The molecule has 0 aromatic carbocycles. The van der Waals surface area contributed by atoms with E-state index in [4.69, 9.17) is 28.5 Å². The average molecular weight is 360 g/mol. The molecule has 1 heterocycles. The summed E-state index contributed by atoms with van der Waals surface area (Å²) in [6, 6.07) is -0.396. The van der Waals surface area contributed by atoms with Gasteiger partial charge in [-0.25, -0.2) is 4.79 Å². The first kappa shape index (κ1) is 19.0. The van der Waals surface area contributed by atoms with E-state index in [0.29, 0.717) is 0 Å². The van der Waals surface area contributed by atoms with Crippen LogP contribution in [-0.4, -0.2) is 53.3 Å². The number of nitrogens with zero attached hydrogens (tertiary/aromatic N) is 2. The van der Waals surface area contributed by atoms with Gasteiger partial charge in [-0.3, -0.25) is 9.59 Å². The lowest BCUT2D eigenvalue weighted by Gasteiger charge is -2.47. The minimum atomic E-state index is -1.12. The highest BCUT2D eigenvalue weighted by atomic mass is 35.5. The van der Waals surface area contributed by atoms with Crippen molar-refractivity contribution in [2.24, 2.45) is 0 Å². The molecule has 3 unspecified atom stereocenters. The van der Waals surface area contributed by atoms with E-state index in [1.807, 2.05) is 0 Å². The summed E-state index contributed by atoms with van der Waals surface area (Å²) in [5, 5.41) is 11.0. The number of nitrogens with one attached hydrogen (secondary N) is 1. The van der Waals surface area contributed by atoms with Crippen molar-refractivity contribution in [2.45, 2.75) is 24.0 Å². The maximum absolute atomic E-state index is 12.2. The number of methoxy groups -OCH3 is 1. The van der Waals surface area contributed by atoms with E-state index >= 15 is 0 Å². The van der Waals surface area contributed by atoms with Gasteiger partial charge in [0.25, 0.3) is 5.91 Å². The first-order chi connectivity index (χ1) is 10.8. The number of nitriles is 1. The van der Waals surface area contributed by atoms with E-state index < -0.39 is 35.4 Å². The number of carbonyl (C=O) groups excluding carboxylic acids is 3. The van der Waals surface area contributed by atoms with Crippen LogP contribution in [0.3, 0.4) is 0 Å². The SMILES string of the molecule is C=C(C#N)CC(=O)NC1C(=O)N(C(C(=C)CCl)C(=O)OC)C1Cl. The Morgan fingerprint density at radius 2 is 2.13 bits per heavy atom. The molecule has 1 rings (SSSR count). The van der Waals surface area contributed by atoms with E-state index in [1.54, 1.807) is 6.07 Å². The van der Waals surface area contributed by atoms with E-state index in [0.717, 1.165) is 12.0 Å². The Labute approximate surface area is 143 Å². The molecular formula is C14H15Cl2N3O4. The number of ether oxygens (including phenoxy) is 1. The lowest BCUT2D eigenvalue weighted by molar-refractivity contribution is -0.161. The van der Waals surface area contributed by atoms with Gasteiger partial charge >= 0.3 is 5.97 Å². The van der Waals surface area contributed by atoms with Gasteiger partial charge in [0, 0.05) is 11.5 Å². The molecule has 2 amide bonds. The summed E-state index contributed by atoms with van der Waals surface area (Å²) in [5.74, 6) is -1.92. The molecule has 1 fully saturated rings. The summed E-state index contributed by atoms with van der Waals surface area (Å²) in [7, 11) is 1.16. The van der Waals surface area contributed by atoms with Crippen molar-refractivity contribution >= 4 is 41.0 Å². The molecule has 0 aromatic rings. The zero-order valence-corrected chi connectivity index (χ0v) is 13.9. The van der Waals surface area contributed by atoms with Gasteiger partial charge in [-0.15, -0.1) is 11.6 Å². The third kappa shape index (κ3) is 4.03. The minimum absolute atomic E-state index is 0.0557. The topological polar surface area (TPSA) is 99.5 Å². The number of esters is 1. The quantitative estimate of drug-likeness (QED) is 0.180. The fourth-order valence-electron chi connectivity index (χ4n) is 2.00. The highest BCUT2D eigenvalue weighted by Crippen LogP contribution is 2.30. The normalized spacial score (nSPS) is 20.8. The number of rotatable bonds is 7. The van der Waals surface area contributed by atoms with E-state index in [-0.39, 0.29) is 23.4 Å². The molecule has 1 N–H and O–H groups in total. The highest BCUT2D eigenvalue weighted by molar-refractivity contribution is 6.27.